The van der Waals surface area contributed by atoms with Gasteiger partial charge < -0.3 is 9.84 Å². The van der Waals surface area contributed by atoms with Crippen molar-refractivity contribution in [3.05, 3.63) is 88.6 Å². The lowest BCUT2D eigenvalue weighted by molar-refractivity contribution is -0.121. The van der Waals surface area contributed by atoms with E-state index in [1.54, 1.807) is 23.5 Å². The molecule has 0 bridgehead atoms. The highest BCUT2D eigenvalue weighted by Gasteiger charge is 2.26. The summed E-state index contributed by atoms with van der Waals surface area (Å²) in [6.45, 7) is 8.57. The first-order chi connectivity index (χ1) is 18.3. The number of anilines is 1. The Bertz CT molecular complexity index is 1400. The molecule has 196 valence electrons. The molecule has 0 saturated carbocycles. The Labute approximate surface area is 226 Å². The summed E-state index contributed by atoms with van der Waals surface area (Å²) in [5.74, 6) is 1.05. The summed E-state index contributed by atoms with van der Waals surface area (Å²) >= 11 is 1.58. The molecule has 1 aliphatic heterocycles. The maximum Gasteiger partial charge on any atom is 0.241 e. The van der Waals surface area contributed by atoms with Crippen molar-refractivity contribution in [3.63, 3.8) is 0 Å². The van der Waals surface area contributed by atoms with Crippen LogP contribution in [0, 0.1) is 5.92 Å². The maximum absolute atomic E-state index is 13.1. The molecular weight excluding hydrogens is 496 g/mol. The summed E-state index contributed by atoms with van der Waals surface area (Å²) in [5.41, 5.74) is 3.05. The van der Waals surface area contributed by atoms with Crippen molar-refractivity contribution in [2.45, 2.75) is 45.6 Å². The zero-order valence-corrected chi connectivity index (χ0v) is 22.8. The van der Waals surface area contributed by atoms with E-state index in [4.69, 9.17) is 4.52 Å². The van der Waals surface area contributed by atoms with Crippen LogP contribution in [0.25, 0.3) is 10.7 Å². The number of nitrogens with one attached hydrogen (secondary N) is 1. The van der Waals surface area contributed by atoms with Crippen LogP contribution in [0.5, 0.6) is 0 Å². The molecule has 2 aromatic heterocycles. The monoisotopic (exact) mass is 528 g/mol. The van der Waals surface area contributed by atoms with Gasteiger partial charge in [-0.1, -0.05) is 68.4 Å². The Kier molecular flexibility index (Phi) is 7.53. The largest absolute Gasteiger partial charge is 0.338 e. The smallest absolute Gasteiger partial charge is 0.241 e. The minimum Gasteiger partial charge on any atom is -0.338 e. The number of nitrogens with zero attached hydrogens (tertiary/aromatic N) is 3. The van der Waals surface area contributed by atoms with Crippen molar-refractivity contribution in [1.82, 2.24) is 15.0 Å². The summed E-state index contributed by atoms with van der Waals surface area (Å²) in [7, 11) is 0. The molecule has 1 N–H and O–H groups in total. The highest BCUT2D eigenvalue weighted by Crippen LogP contribution is 2.25. The van der Waals surface area contributed by atoms with Crippen LogP contribution in [0.3, 0.4) is 0 Å². The average molecular weight is 529 g/mol. The topological polar surface area (TPSA) is 88.3 Å². The van der Waals surface area contributed by atoms with Gasteiger partial charge in [-0.2, -0.15) is 4.98 Å². The molecule has 1 saturated heterocycles. The molecule has 8 heteroatoms. The van der Waals surface area contributed by atoms with Crippen molar-refractivity contribution >= 4 is 28.7 Å². The molecule has 2 aromatic carbocycles. The number of benzene rings is 2. The number of thiophene rings is 1. The van der Waals surface area contributed by atoms with E-state index in [0.717, 1.165) is 30.8 Å². The van der Waals surface area contributed by atoms with E-state index in [1.807, 2.05) is 53.9 Å². The Morgan fingerprint density at radius 3 is 2.47 bits per heavy atom. The van der Waals surface area contributed by atoms with Gasteiger partial charge in [-0.15, -0.1) is 11.3 Å². The third-order valence-corrected chi connectivity index (χ3v) is 7.80. The van der Waals surface area contributed by atoms with Crippen LogP contribution >= 0.6 is 11.3 Å². The first kappa shape index (κ1) is 26.0. The molecular formula is C30H32N4O3S. The number of amides is 1. The van der Waals surface area contributed by atoms with Crippen LogP contribution < -0.4 is 5.32 Å². The second-order valence-corrected chi connectivity index (χ2v) is 11.7. The van der Waals surface area contributed by atoms with Gasteiger partial charge in [0.15, 0.2) is 5.78 Å². The van der Waals surface area contributed by atoms with Crippen LogP contribution in [0.2, 0.25) is 0 Å². The van der Waals surface area contributed by atoms with Crippen LogP contribution in [0.15, 0.2) is 70.6 Å². The van der Waals surface area contributed by atoms with E-state index in [1.165, 1.54) is 5.56 Å². The van der Waals surface area contributed by atoms with E-state index in [-0.39, 0.29) is 23.0 Å². The van der Waals surface area contributed by atoms with Gasteiger partial charge in [-0.25, -0.2) is 0 Å². The molecule has 0 radical (unpaired) electrons. The standard InChI is InChI=1S/C30H32N4O3S/c1-30(2,3)23-11-9-20(10-12-23)27(35)22-6-4-7-24(18-22)31-29(36)21-13-15-34(16-14-21)19-26-32-28(33-37-26)25-8-5-17-38-25/h4-12,17-18,21H,13-16,19H2,1-3H3,(H,31,36). The highest BCUT2D eigenvalue weighted by molar-refractivity contribution is 7.13. The molecule has 1 aliphatic rings. The summed E-state index contributed by atoms with van der Waals surface area (Å²) in [6, 6.07) is 18.9. The third-order valence-electron chi connectivity index (χ3n) is 6.93. The molecule has 0 spiro atoms. The summed E-state index contributed by atoms with van der Waals surface area (Å²) in [4.78, 5) is 33.8. The predicted molar refractivity (Wildman–Crippen MR) is 149 cm³/mol. The minimum atomic E-state index is -0.0834. The fraction of sp³-hybridized carbons (Fsp3) is 0.333. The maximum atomic E-state index is 13.1. The molecule has 3 heterocycles. The van der Waals surface area contributed by atoms with Gasteiger partial charge in [0, 0.05) is 22.7 Å². The lowest BCUT2D eigenvalue weighted by atomic mass is 9.86. The zero-order chi connectivity index (χ0) is 26.7. The number of piperidine rings is 1. The summed E-state index contributed by atoms with van der Waals surface area (Å²) in [6.07, 6.45) is 1.49. The molecule has 0 aliphatic carbocycles. The number of rotatable bonds is 7. The van der Waals surface area contributed by atoms with Crippen molar-refractivity contribution in [2.75, 3.05) is 18.4 Å². The Morgan fingerprint density at radius 2 is 1.79 bits per heavy atom. The van der Waals surface area contributed by atoms with Gasteiger partial charge in [0.25, 0.3) is 0 Å². The number of hydrogen-bond acceptors (Lipinski definition) is 7. The van der Waals surface area contributed by atoms with E-state index in [2.05, 4.69) is 41.1 Å². The van der Waals surface area contributed by atoms with Crippen LogP contribution in [-0.2, 0) is 16.8 Å². The number of likely N-dealkylation sites (tertiary alicyclic amines) is 1. The molecule has 5 rings (SSSR count). The number of carbonyl (C=O) groups excluding carboxylic acids is 2. The van der Waals surface area contributed by atoms with Gasteiger partial charge in [0.05, 0.1) is 11.4 Å². The van der Waals surface area contributed by atoms with Crippen molar-refractivity contribution < 1.29 is 14.1 Å². The lowest BCUT2D eigenvalue weighted by Gasteiger charge is -2.30. The lowest BCUT2D eigenvalue weighted by Crippen LogP contribution is -2.37. The molecule has 1 fully saturated rings. The third kappa shape index (κ3) is 6.09. The molecule has 38 heavy (non-hydrogen) atoms. The number of aromatic nitrogens is 2. The van der Waals surface area contributed by atoms with E-state index < -0.39 is 0 Å². The van der Waals surface area contributed by atoms with Crippen LogP contribution in [-0.4, -0.2) is 39.8 Å². The van der Waals surface area contributed by atoms with Gasteiger partial charge >= 0.3 is 0 Å². The van der Waals surface area contributed by atoms with Gasteiger partial charge in [0.2, 0.25) is 17.6 Å². The van der Waals surface area contributed by atoms with E-state index >= 15 is 0 Å². The van der Waals surface area contributed by atoms with E-state index in [9.17, 15) is 9.59 Å². The quantitative estimate of drug-likeness (QED) is 0.288. The van der Waals surface area contributed by atoms with Gasteiger partial charge in [-0.05, 0) is 60.5 Å². The highest BCUT2D eigenvalue weighted by atomic mass is 32.1. The van der Waals surface area contributed by atoms with Crippen LogP contribution in [0.4, 0.5) is 5.69 Å². The Morgan fingerprint density at radius 1 is 1.03 bits per heavy atom. The second-order valence-electron chi connectivity index (χ2n) is 10.8. The minimum absolute atomic E-state index is 0.0125. The molecule has 1 amide bonds. The van der Waals surface area contributed by atoms with Crippen molar-refractivity contribution in [2.24, 2.45) is 5.92 Å². The first-order valence-corrected chi connectivity index (χ1v) is 13.8. The van der Waals surface area contributed by atoms with Gasteiger partial charge in [0.1, 0.15) is 0 Å². The SMILES string of the molecule is CC(C)(C)c1ccc(C(=O)c2cccc(NC(=O)C3CCN(Cc4nc(-c5cccs5)no4)CC3)c2)cc1. The molecule has 7 nitrogen and oxygen atoms in total. The normalized spacial score (nSPS) is 14.9. The van der Waals surface area contributed by atoms with Crippen molar-refractivity contribution in [1.29, 1.82) is 0 Å². The van der Waals surface area contributed by atoms with Crippen LogP contribution in [0.1, 0.15) is 61.0 Å². The molecule has 0 atom stereocenters. The predicted octanol–water partition coefficient (Wildman–Crippen LogP) is 6.18. The first-order valence-electron chi connectivity index (χ1n) is 12.9. The Balaban J connectivity index is 1.14. The Hall–Kier alpha value is -3.62. The zero-order valence-electron chi connectivity index (χ0n) is 21.9. The molecule has 4 aromatic rings. The second kappa shape index (κ2) is 11.0. The number of hydrogen-bond donors (Lipinski definition) is 1. The summed E-state index contributed by atoms with van der Waals surface area (Å²) < 4.78 is 5.42. The number of carbonyl (C=O) groups is 2. The van der Waals surface area contributed by atoms with Gasteiger partial charge in [-0.3, -0.25) is 14.5 Å². The summed E-state index contributed by atoms with van der Waals surface area (Å²) in [5, 5.41) is 9.08. The van der Waals surface area contributed by atoms with E-state index in [0.29, 0.717) is 35.1 Å². The fourth-order valence-electron chi connectivity index (χ4n) is 4.64. The average Bonchev–Trinajstić information content (AvgIpc) is 3.61. The number of ketones is 1. The fourth-order valence-corrected chi connectivity index (χ4v) is 5.29. The molecule has 0 unspecified atom stereocenters. The van der Waals surface area contributed by atoms with Crippen molar-refractivity contribution in [3.8, 4) is 10.7 Å².